The Hall–Kier alpha value is -8.94. The van der Waals surface area contributed by atoms with Crippen LogP contribution < -0.4 is 28.4 Å². The zero-order valence-electron chi connectivity index (χ0n) is 43.1. The molecule has 14 nitrogen and oxygen atoms in total. The largest absolute Gasteiger partial charge is 0.573 e. The second kappa shape index (κ2) is 20.9. The van der Waals surface area contributed by atoms with Crippen LogP contribution in [0.5, 0.6) is 34.5 Å². The van der Waals surface area contributed by atoms with Gasteiger partial charge in [0.1, 0.15) is 34.5 Å². The van der Waals surface area contributed by atoms with E-state index in [0.29, 0.717) is 45.0 Å². The van der Waals surface area contributed by atoms with Crippen molar-refractivity contribution in [1.29, 1.82) is 0 Å². The first-order valence-corrected chi connectivity index (χ1v) is 23.9. The van der Waals surface area contributed by atoms with Crippen molar-refractivity contribution in [3.63, 3.8) is 0 Å². The summed E-state index contributed by atoms with van der Waals surface area (Å²) in [6.45, 7) is 8.60. The fourth-order valence-electron chi connectivity index (χ4n) is 9.13. The van der Waals surface area contributed by atoms with Gasteiger partial charge in [-0.2, -0.15) is 0 Å². The van der Waals surface area contributed by atoms with Crippen LogP contribution >= 0.6 is 0 Å². The number of para-hydroxylation sites is 1. The molecule has 0 unspecified atom stereocenters. The van der Waals surface area contributed by atoms with Crippen LogP contribution in [-0.4, -0.2) is 81.2 Å². The van der Waals surface area contributed by atoms with Gasteiger partial charge in [0.2, 0.25) is 0 Å². The number of aliphatic carboxylic acids is 2. The molecule has 2 heterocycles. The van der Waals surface area contributed by atoms with Crippen LogP contribution in [0.15, 0.2) is 121 Å². The summed E-state index contributed by atoms with van der Waals surface area (Å²) in [5, 5.41) is 20.4. The van der Waals surface area contributed by atoms with Crippen molar-refractivity contribution in [2.75, 3.05) is 14.2 Å². The van der Waals surface area contributed by atoms with E-state index in [0.717, 1.165) is 18.2 Å². The molecule has 0 fully saturated rings. The van der Waals surface area contributed by atoms with Crippen LogP contribution in [0.3, 0.4) is 0 Å². The summed E-state index contributed by atoms with van der Waals surface area (Å²) in [4.78, 5) is 53.9. The Bertz CT molecular complexity index is 3670. The highest BCUT2D eigenvalue weighted by Crippen LogP contribution is 2.41. The van der Waals surface area contributed by atoms with Crippen LogP contribution in [0.1, 0.15) is 82.1 Å². The van der Waals surface area contributed by atoms with E-state index in [-0.39, 0.29) is 68.6 Å². The Kier molecular flexibility index (Phi) is 14.8. The minimum Gasteiger partial charge on any atom is -0.497 e. The first kappa shape index (κ1) is 55.3. The summed E-state index contributed by atoms with van der Waals surface area (Å²) in [5.41, 5.74) is 0.152. The predicted molar refractivity (Wildman–Crippen MR) is 274 cm³/mol. The Balaban J connectivity index is 1.27. The molecule has 0 amide bonds. The van der Waals surface area contributed by atoms with Crippen molar-refractivity contribution in [3.8, 4) is 45.6 Å². The van der Waals surface area contributed by atoms with Gasteiger partial charge in [-0.05, 0) is 173 Å². The second-order valence-electron chi connectivity index (χ2n) is 19.2. The van der Waals surface area contributed by atoms with Gasteiger partial charge in [-0.25, -0.2) is 9.59 Å². The topological polar surface area (TPSA) is 174 Å². The Labute approximate surface area is 441 Å². The molecule has 0 radical (unpaired) electrons. The number of benzene rings is 6. The van der Waals surface area contributed by atoms with E-state index in [9.17, 15) is 50.9 Å². The molecule has 0 atom stereocenters. The smallest absolute Gasteiger partial charge is 0.497 e. The number of rotatable bonds is 17. The molecular weight excluding hydrogens is 1030 g/mol. The molecule has 406 valence electrons. The van der Waals surface area contributed by atoms with Crippen molar-refractivity contribution >= 4 is 45.6 Å². The Morgan fingerprint density at radius 1 is 0.500 bits per heavy atom. The highest BCUT2D eigenvalue weighted by molar-refractivity contribution is 6.06. The molecule has 2 N–H and O–H groups in total. The third-order valence-electron chi connectivity index (χ3n) is 13.0. The lowest BCUT2D eigenvalue weighted by atomic mass is 9.95. The van der Waals surface area contributed by atoms with E-state index in [2.05, 4.69) is 9.47 Å². The zero-order valence-corrected chi connectivity index (χ0v) is 43.1. The summed E-state index contributed by atoms with van der Waals surface area (Å²) < 4.78 is 116. The Morgan fingerprint density at radius 2 is 1.00 bits per heavy atom. The molecule has 0 aliphatic rings. The molecule has 0 saturated heterocycles. The minimum absolute atomic E-state index is 0.0234. The fraction of sp³-hybridized carbons (Fsp3) is 0.241. The van der Waals surface area contributed by atoms with E-state index >= 15 is 4.79 Å². The molecule has 8 aromatic rings. The van der Waals surface area contributed by atoms with Gasteiger partial charge in [0, 0.05) is 45.3 Å². The van der Waals surface area contributed by atoms with Crippen LogP contribution in [0.25, 0.3) is 32.9 Å². The van der Waals surface area contributed by atoms with E-state index in [1.54, 1.807) is 74.5 Å². The summed E-state index contributed by atoms with van der Waals surface area (Å²) >= 11 is 0. The number of hydrogen-bond acceptors (Lipinski definition) is 10. The van der Waals surface area contributed by atoms with Crippen molar-refractivity contribution in [3.05, 3.63) is 166 Å². The lowest BCUT2D eigenvalue weighted by Gasteiger charge is -2.23. The number of carboxylic acid groups (broad SMARTS) is 2. The van der Waals surface area contributed by atoms with Gasteiger partial charge in [0.15, 0.2) is 11.2 Å². The summed E-state index contributed by atoms with van der Waals surface area (Å²) in [7, 11) is 2.84. The number of carbonyl (C=O) groups excluding carboxylic acids is 2. The number of nitrogens with zero attached hydrogens (tertiary/aromatic N) is 2. The van der Waals surface area contributed by atoms with Crippen molar-refractivity contribution < 1.29 is 84.2 Å². The lowest BCUT2D eigenvalue weighted by molar-refractivity contribution is -0.275. The number of halogens is 6. The third-order valence-corrected chi connectivity index (χ3v) is 13.0. The summed E-state index contributed by atoms with van der Waals surface area (Å²) in [6.07, 6.45) is -10.2. The van der Waals surface area contributed by atoms with Gasteiger partial charge >= 0.3 is 24.7 Å². The van der Waals surface area contributed by atoms with E-state index < -0.39 is 59.2 Å². The highest BCUT2D eigenvalue weighted by atomic mass is 19.4. The van der Waals surface area contributed by atoms with Crippen LogP contribution in [0, 0.1) is 13.8 Å². The maximum atomic E-state index is 15.1. The first-order chi connectivity index (χ1) is 36.6. The molecule has 20 heteroatoms. The molecule has 0 aliphatic heterocycles. The number of aromatic nitrogens is 2. The van der Waals surface area contributed by atoms with E-state index in [1.807, 2.05) is 0 Å². The molecule has 6 aromatic carbocycles. The van der Waals surface area contributed by atoms with Crippen molar-refractivity contribution in [2.45, 2.75) is 78.3 Å². The second-order valence-corrected chi connectivity index (χ2v) is 19.2. The van der Waals surface area contributed by atoms with Gasteiger partial charge < -0.3 is 38.6 Å². The average Bonchev–Trinajstić information content (AvgIpc) is 3.93. The number of fused-ring (bicyclic) bond motifs is 2. The number of carboxylic acids is 2. The monoisotopic (exact) mass is 1080 g/mol. The molecule has 78 heavy (non-hydrogen) atoms. The molecule has 0 aliphatic carbocycles. The number of hydrogen-bond donors (Lipinski definition) is 2. The van der Waals surface area contributed by atoms with Gasteiger partial charge in [0.25, 0.3) is 11.8 Å². The SMILES string of the molecule is COc1ccc(C(=O)n2c(C)c(Cc3cc(OC(C)(C)C(=O)O)cc(-c4cc(C(=O)n5c(C)c(Cc6ccccc6OC(C)(C)C(=O)O)c6cc(OC(F)(F)F)ccc65)ccc4OC)c3)c3cc(OC(F)(F)F)ccc32)cc1. The lowest BCUT2D eigenvalue weighted by Crippen LogP contribution is -2.38. The van der Waals surface area contributed by atoms with Gasteiger partial charge in [-0.15, -0.1) is 26.3 Å². The maximum absolute atomic E-state index is 15.1. The predicted octanol–water partition coefficient (Wildman–Crippen LogP) is 12.7. The van der Waals surface area contributed by atoms with Crippen LogP contribution in [0.4, 0.5) is 26.3 Å². The van der Waals surface area contributed by atoms with Gasteiger partial charge in [-0.3, -0.25) is 18.7 Å². The average molecular weight is 1080 g/mol. The molecule has 0 spiro atoms. The molecule has 8 rings (SSSR count). The highest BCUT2D eigenvalue weighted by Gasteiger charge is 2.35. The van der Waals surface area contributed by atoms with Crippen molar-refractivity contribution in [1.82, 2.24) is 9.13 Å². The van der Waals surface area contributed by atoms with Gasteiger partial charge in [-0.1, -0.05) is 24.3 Å². The Morgan fingerprint density at radius 3 is 1.53 bits per heavy atom. The molecule has 0 bridgehead atoms. The number of ether oxygens (including phenoxy) is 6. The van der Waals surface area contributed by atoms with E-state index in [1.165, 1.54) is 93.5 Å². The van der Waals surface area contributed by atoms with Crippen LogP contribution in [0.2, 0.25) is 0 Å². The number of methoxy groups -OCH3 is 2. The van der Waals surface area contributed by atoms with E-state index in [4.69, 9.17) is 18.9 Å². The normalized spacial score (nSPS) is 12.1. The standard InChI is InChI=1S/C58H50F6N2O12/c1-31-42(45-29-39(76-57(59,60)61)18-20-47(45)65(31)51(67)34-13-16-38(73-7)17-14-34)25-33-23-37(26-41(24-33)75-55(3,4)53(69)70)44-28-36(15-22-50(44)74-8)52(68)66-32(2)43(46-30-40(19-21-48(46)66)77-58(62,63)64)27-35-11-9-10-12-49(35)78-56(5,6)54(71)72/h9-24,26,28-30H,25,27H2,1-8H3,(H,69,70)(H,71,72). The summed E-state index contributed by atoms with van der Waals surface area (Å²) in [6, 6.07) is 29.1. The van der Waals surface area contributed by atoms with Crippen molar-refractivity contribution in [2.24, 2.45) is 0 Å². The molecule has 0 saturated carbocycles. The quantitative estimate of drug-likeness (QED) is 0.0827. The molecule has 2 aromatic heterocycles. The van der Waals surface area contributed by atoms with Crippen LogP contribution in [-0.2, 0) is 22.4 Å². The first-order valence-electron chi connectivity index (χ1n) is 23.9. The zero-order chi connectivity index (χ0) is 56.8. The molecular formula is C58H50F6N2O12. The number of carbonyl (C=O) groups is 4. The van der Waals surface area contributed by atoms with Gasteiger partial charge in [0.05, 0.1) is 25.3 Å². The minimum atomic E-state index is -5.06. The number of alkyl halides is 6. The summed E-state index contributed by atoms with van der Waals surface area (Å²) in [5.74, 6) is -3.93. The maximum Gasteiger partial charge on any atom is 0.573 e. The fourth-order valence-corrected chi connectivity index (χ4v) is 9.13. The third kappa shape index (κ3) is 11.6.